The SMILES string of the molecule is CCCC(N)C(=O)OCCOCCOC. The summed E-state index contributed by atoms with van der Waals surface area (Å²) in [7, 11) is 1.60. The van der Waals surface area contributed by atoms with Gasteiger partial charge in [0.15, 0.2) is 0 Å². The zero-order chi connectivity index (χ0) is 11.5. The van der Waals surface area contributed by atoms with Gasteiger partial charge in [-0.2, -0.15) is 0 Å². The van der Waals surface area contributed by atoms with Gasteiger partial charge in [0.2, 0.25) is 0 Å². The van der Waals surface area contributed by atoms with E-state index in [1.54, 1.807) is 7.11 Å². The van der Waals surface area contributed by atoms with Gasteiger partial charge in [0.1, 0.15) is 12.6 Å². The number of hydrogen-bond donors (Lipinski definition) is 1. The molecular weight excluding hydrogens is 198 g/mol. The largest absolute Gasteiger partial charge is 0.462 e. The maximum absolute atomic E-state index is 11.2. The van der Waals surface area contributed by atoms with E-state index in [-0.39, 0.29) is 12.6 Å². The smallest absolute Gasteiger partial charge is 0.322 e. The molecule has 0 aromatic rings. The number of rotatable bonds is 9. The summed E-state index contributed by atoms with van der Waals surface area (Å²) in [5, 5.41) is 0. The Labute approximate surface area is 90.9 Å². The van der Waals surface area contributed by atoms with Gasteiger partial charge in [0, 0.05) is 7.11 Å². The summed E-state index contributed by atoms with van der Waals surface area (Å²) < 4.78 is 14.8. The van der Waals surface area contributed by atoms with Crippen LogP contribution in [0.5, 0.6) is 0 Å². The first-order valence-electron chi connectivity index (χ1n) is 5.21. The van der Waals surface area contributed by atoms with E-state index >= 15 is 0 Å². The van der Waals surface area contributed by atoms with Crippen LogP contribution in [0.1, 0.15) is 19.8 Å². The number of nitrogens with two attached hydrogens (primary N) is 1. The number of ether oxygens (including phenoxy) is 3. The summed E-state index contributed by atoms with van der Waals surface area (Å²) in [4.78, 5) is 11.2. The molecule has 0 aliphatic carbocycles. The molecule has 1 atom stereocenters. The van der Waals surface area contributed by atoms with Crippen molar-refractivity contribution in [3.05, 3.63) is 0 Å². The quantitative estimate of drug-likeness (QED) is 0.446. The molecule has 0 rings (SSSR count). The van der Waals surface area contributed by atoms with Crippen LogP contribution in [0.4, 0.5) is 0 Å². The Morgan fingerprint density at radius 1 is 1.27 bits per heavy atom. The lowest BCUT2D eigenvalue weighted by molar-refractivity contribution is -0.147. The Morgan fingerprint density at radius 3 is 2.53 bits per heavy atom. The minimum Gasteiger partial charge on any atom is -0.462 e. The summed E-state index contributed by atoms with van der Waals surface area (Å²) in [6.45, 7) is 3.66. The first-order valence-corrected chi connectivity index (χ1v) is 5.21. The van der Waals surface area contributed by atoms with Gasteiger partial charge in [-0.15, -0.1) is 0 Å². The maximum Gasteiger partial charge on any atom is 0.322 e. The predicted molar refractivity (Wildman–Crippen MR) is 56.5 cm³/mol. The molecule has 0 amide bonds. The van der Waals surface area contributed by atoms with Crippen molar-refractivity contribution in [2.75, 3.05) is 33.5 Å². The normalized spacial score (nSPS) is 12.5. The highest BCUT2D eigenvalue weighted by molar-refractivity contribution is 5.75. The zero-order valence-corrected chi connectivity index (χ0v) is 9.53. The molecular formula is C10H21NO4. The third-order valence-electron chi connectivity index (χ3n) is 1.81. The summed E-state index contributed by atoms with van der Waals surface area (Å²) in [5.41, 5.74) is 5.55. The number of carbonyl (C=O) groups excluding carboxylic acids is 1. The van der Waals surface area contributed by atoms with E-state index in [1.807, 2.05) is 6.92 Å². The van der Waals surface area contributed by atoms with Crippen LogP contribution in [0.3, 0.4) is 0 Å². The molecule has 5 nitrogen and oxygen atoms in total. The monoisotopic (exact) mass is 219 g/mol. The summed E-state index contributed by atoms with van der Waals surface area (Å²) >= 11 is 0. The van der Waals surface area contributed by atoms with Crippen molar-refractivity contribution >= 4 is 5.97 Å². The summed E-state index contributed by atoms with van der Waals surface area (Å²) in [6, 6.07) is -0.506. The standard InChI is InChI=1S/C10H21NO4/c1-3-4-9(11)10(12)15-8-7-14-6-5-13-2/h9H,3-8,11H2,1-2H3. The lowest BCUT2D eigenvalue weighted by atomic mass is 10.2. The highest BCUT2D eigenvalue weighted by Crippen LogP contribution is 1.95. The second-order valence-corrected chi connectivity index (χ2v) is 3.17. The molecule has 90 valence electrons. The predicted octanol–water partition coefficient (Wildman–Crippen LogP) is 0.320. The molecule has 0 saturated carbocycles. The van der Waals surface area contributed by atoms with Crippen molar-refractivity contribution in [2.45, 2.75) is 25.8 Å². The molecule has 0 bridgehead atoms. The zero-order valence-electron chi connectivity index (χ0n) is 9.53. The van der Waals surface area contributed by atoms with E-state index in [0.29, 0.717) is 26.2 Å². The van der Waals surface area contributed by atoms with Gasteiger partial charge in [0.05, 0.1) is 19.8 Å². The minimum atomic E-state index is -0.506. The van der Waals surface area contributed by atoms with E-state index in [0.717, 1.165) is 6.42 Å². The van der Waals surface area contributed by atoms with Crippen LogP contribution in [-0.2, 0) is 19.0 Å². The highest BCUT2D eigenvalue weighted by Gasteiger charge is 2.12. The van der Waals surface area contributed by atoms with Crippen molar-refractivity contribution in [1.82, 2.24) is 0 Å². The van der Waals surface area contributed by atoms with Gasteiger partial charge < -0.3 is 19.9 Å². The lowest BCUT2D eigenvalue weighted by Gasteiger charge is -2.10. The Morgan fingerprint density at radius 2 is 1.93 bits per heavy atom. The molecule has 1 unspecified atom stereocenters. The second-order valence-electron chi connectivity index (χ2n) is 3.17. The Hall–Kier alpha value is -0.650. The summed E-state index contributed by atoms with van der Waals surface area (Å²) in [5.74, 6) is -0.354. The second kappa shape index (κ2) is 9.89. The van der Waals surface area contributed by atoms with E-state index in [4.69, 9.17) is 19.9 Å². The molecule has 0 spiro atoms. The van der Waals surface area contributed by atoms with Gasteiger partial charge in [-0.05, 0) is 6.42 Å². The summed E-state index contributed by atoms with van der Waals surface area (Å²) in [6.07, 6.45) is 1.53. The van der Waals surface area contributed by atoms with Crippen molar-refractivity contribution in [3.8, 4) is 0 Å². The fraction of sp³-hybridized carbons (Fsp3) is 0.900. The van der Waals surface area contributed by atoms with Gasteiger partial charge in [-0.25, -0.2) is 0 Å². The van der Waals surface area contributed by atoms with Crippen molar-refractivity contribution in [3.63, 3.8) is 0 Å². The fourth-order valence-corrected chi connectivity index (χ4v) is 0.981. The molecule has 0 saturated heterocycles. The molecule has 2 N–H and O–H groups in total. The lowest BCUT2D eigenvalue weighted by Crippen LogP contribution is -2.32. The third-order valence-corrected chi connectivity index (χ3v) is 1.81. The average Bonchev–Trinajstić information content (AvgIpc) is 2.23. The van der Waals surface area contributed by atoms with Gasteiger partial charge in [-0.1, -0.05) is 13.3 Å². The Bertz CT molecular complexity index is 164. The minimum absolute atomic E-state index is 0.250. The Balaban J connectivity index is 3.30. The molecule has 0 aliphatic rings. The number of hydrogen-bond acceptors (Lipinski definition) is 5. The van der Waals surface area contributed by atoms with E-state index in [9.17, 15) is 4.79 Å². The van der Waals surface area contributed by atoms with Crippen LogP contribution in [-0.4, -0.2) is 45.5 Å². The number of carbonyl (C=O) groups is 1. The number of esters is 1. The van der Waals surface area contributed by atoms with Crippen LogP contribution in [0.2, 0.25) is 0 Å². The van der Waals surface area contributed by atoms with Crippen molar-refractivity contribution in [1.29, 1.82) is 0 Å². The molecule has 0 heterocycles. The molecule has 0 aliphatic heterocycles. The molecule has 0 aromatic carbocycles. The van der Waals surface area contributed by atoms with E-state index in [2.05, 4.69) is 0 Å². The first kappa shape index (κ1) is 14.3. The van der Waals surface area contributed by atoms with Gasteiger partial charge in [-0.3, -0.25) is 4.79 Å². The van der Waals surface area contributed by atoms with E-state index < -0.39 is 6.04 Å². The molecule has 15 heavy (non-hydrogen) atoms. The van der Waals surface area contributed by atoms with Crippen LogP contribution in [0.15, 0.2) is 0 Å². The van der Waals surface area contributed by atoms with Gasteiger partial charge >= 0.3 is 5.97 Å². The molecule has 0 radical (unpaired) electrons. The van der Waals surface area contributed by atoms with Crippen molar-refractivity contribution < 1.29 is 19.0 Å². The molecule has 0 aromatic heterocycles. The van der Waals surface area contributed by atoms with Crippen LogP contribution in [0.25, 0.3) is 0 Å². The highest BCUT2D eigenvalue weighted by atomic mass is 16.6. The van der Waals surface area contributed by atoms with Crippen LogP contribution in [0, 0.1) is 0 Å². The average molecular weight is 219 g/mol. The first-order chi connectivity index (χ1) is 7.22. The van der Waals surface area contributed by atoms with Crippen molar-refractivity contribution in [2.24, 2.45) is 5.73 Å². The molecule has 0 fully saturated rings. The topological polar surface area (TPSA) is 70.8 Å². The van der Waals surface area contributed by atoms with E-state index in [1.165, 1.54) is 0 Å². The van der Waals surface area contributed by atoms with Crippen LogP contribution >= 0.6 is 0 Å². The molecule has 5 heteroatoms. The maximum atomic E-state index is 11.2. The fourth-order valence-electron chi connectivity index (χ4n) is 0.981. The van der Waals surface area contributed by atoms with Crippen LogP contribution < -0.4 is 5.73 Å². The van der Waals surface area contributed by atoms with Gasteiger partial charge in [0.25, 0.3) is 0 Å². The Kier molecular flexibility index (Phi) is 9.46. The number of methoxy groups -OCH3 is 1. The third kappa shape index (κ3) is 8.35.